The standard InChI is InChI=1S/C17H26BrNO/c1-13(2)8-6-4-5-7-9-19-17(20)15-10-14(3)11-16(18)12-15/h10-13H,4-9H2,1-3H3,(H,19,20). The van der Waals surface area contributed by atoms with Gasteiger partial charge in [-0.25, -0.2) is 0 Å². The SMILES string of the molecule is Cc1cc(Br)cc(C(=O)NCCCCCCC(C)C)c1. The van der Waals surface area contributed by atoms with E-state index in [4.69, 9.17) is 0 Å². The molecule has 0 unspecified atom stereocenters. The van der Waals surface area contributed by atoms with Crippen LogP contribution in [0.2, 0.25) is 0 Å². The summed E-state index contributed by atoms with van der Waals surface area (Å²) >= 11 is 3.42. The van der Waals surface area contributed by atoms with Gasteiger partial charge < -0.3 is 5.32 Å². The summed E-state index contributed by atoms with van der Waals surface area (Å²) < 4.78 is 0.955. The van der Waals surface area contributed by atoms with Gasteiger partial charge >= 0.3 is 0 Å². The quantitative estimate of drug-likeness (QED) is 0.656. The van der Waals surface area contributed by atoms with Gasteiger partial charge in [-0.15, -0.1) is 0 Å². The molecule has 0 saturated heterocycles. The second-order valence-corrected chi connectivity index (χ2v) is 6.79. The lowest BCUT2D eigenvalue weighted by molar-refractivity contribution is 0.0953. The van der Waals surface area contributed by atoms with Crippen LogP contribution in [0.25, 0.3) is 0 Å². The summed E-state index contributed by atoms with van der Waals surface area (Å²) in [7, 11) is 0. The number of rotatable bonds is 8. The van der Waals surface area contributed by atoms with E-state index in [1.165, 1.54) is 25.7 Å². The highest BCUT2D eigenvalue weighted by atomic mass is 79.9. The van der Waals surface area contributed by atoms with Gasteiger partial charge in [0.1, 0.15) is 0 Å². The summed E-state index contributed by atoms with van der Waals surface area (Å²) in [6.45, 7) is 7.29. The number of carbonyl (C=O) groups is 1. The molecule has 0 fully saturated rings. The second-order valence-electron chi connectivity index (χ2n) is 5.87. The number of hydrogen-bond donors (Lipinski definition) is 1. The summed E-state index contributed by atoms with van der Waals surface area (Å²) in [6.07, 6.45) is 6.14. The molecule has 0 bridgehead atoms. The number of amides is 1. The molecule has 0 spiro atoms. The molecule has 1 aromatic rings. The molecule has 1 amide bonds. The van der Waals surface area contributed by atoms with Gasteiger partial charge in [0.2, 0.25) is 0 Å². The maximum Gasteiger partial charge on any atom is 0.251 e. The number of unbranched alkanes of at least 4 members (excludes halogenated alkanes) is 3. The van der Waals surface area contributed by atoms with Gasteiger partial charge in [0.05, 0.1) is 0 Å². The highest BCUT2D eigenvalue weighted by molar-refractivity contribution is 9.10. The van der Waals surface area contributed by atoms with Crippen molar-refractivity contribution in [3.8, 4) is 0 Å². The minimum atomic E-state index is 0.0246. The van der Waals surface area contributed by atoms with Gasteiger partial charge in [0.15, 0.2) is 0 Å². The van der Waals surface area contributed by atoms with Crippen LogP contribution in [0.3, 0.4) is 0 Å². The minimum Gasteiger partial charge on any atom is -0.352 e. The largest absolute Gasteiger partial charge is 0.352 e. The Balaban J connectivity index is 2.20. The predicted molar refractivity (Wildman–Crippen MR) is 89.1 cm³/mol. The van der Waals surface area contributed by atoms with Crippen molar-refractivity contribution in [2.24, 2.45) is 5.92 Å². The van der Waals surface area contributed by atoms with Crippen molar-refractivity contribution in [2.75, 3.05) is 6.54 Å². The molecule has 112 valence electrons. The first-order chi connectivity index (χ1) is 9.49. The molecular weight excluding hydrogens is 314 g/mol. The van der Waals surface area contributed by atoms with Crippen LogP contribution in [0.15, 0.2) is 22.7 Å². The van der Waals surface area contributed by atoms with Crippen molar-refractivity contribution in [2.45, 2.75) is 52.9 Å². The molecule has 0 aliphatic heterocycles. The summed E-state index contributed by atoms with van der Waals surface area (Å²) in [4.78, 5) is 12.0. The molecule has 3 heteroatoms. The third-order valence-electron chi connectivity index (χ3n) is 3.30. The van der Waals surface area contributed by atoms with Gasteiger partial charge in [-0.05, 0) is 43.0 Å². The maximum atomic E-state index is 12.0. The van der Waals surface area contributed by atoms with Crippen molar-refractivity contribution < 1.29 is 4.79 Å². The van der Waals surface area contributed by atoms with E-state index in [1.54, 1.807) is 0 Å². The number of benzene rings is 1. The van der Waals surface area contributed by atoms with Crippen molar-refractivity contribution >= 4 is 21.8 Å². The first kappa shape index (κ1) is 17.2. The number of nitrogens with one attached hydrogen (secondary N) is 1. The fraction of sp³-hybridized carbons (Fsp3) is 0.588. The van der Waals surface area contributed by atoms with E-state index in [2.05, 4.69) is 35.1 Å². The Kier molecular flexibility index (Phi) is 7.90. The van der Waals surface area contributed by atoms with Crippen LogP contribution in [0.4, 0.5) is 0 Å². The molecule has 0 atom stereocenters. The first-order valence-electron chi connectivity index (χ1n) is 7.54. The van der Waals surface area contributed by atoms with Crippen LogP contribution in [0, 0.1) is 12.8 Å². The Labute approximate surface area is 131 Å². The lowest BCUT2D eigenvalue weighted by atomic mass is 10.0. The summed E-state index contributed by atoms with van der Waals surface area (Å²) in [5, 5.41) is 2.99. The van der Waals surface area contributed by atoms with Crippen LogP contribution in [0.5, 0.6) is 0 Å². The van der Waals surface area contributed by atoms with Crippen molar-refractivity contribution in [3.05, 3.63) is 33.8 Å². The number of halogens is 1. The topological polar surface area (TPSA) is 29.1 Å². The number of hydrogen-bond acceptors (Lipinski definition) is 1. The number of carbonyl (C=O) groups excluding carboxylic acids is 1. The van der Waals surface area contributed by atoms with Crippen molar-refractivity contribution in [1.82, 2.24) is 5.32 Å². The van der Waals surface area contributed by atoms with Crippen LogP contribution in [0.1, 0.15) is 61.9 Å². The molecular formula is C17H26BrNO. The third kappa shape index (κ3) is 7.09. The molecule has 0 aromatic heterocycles. The van der Waals surface area contributed by atoms with E-state index < -0.39 is 0 Å². The minimum absolute atomic E-state index is 0.0246. The Morgan fingerprint density at radius 3 is 2.50 bits per heavy atom. The van der Waals surface area contributed by atoms with Crippen molar-refractivity contribution in [1.29, 1.82) is 0 Å². The molecule has 0 heterocycles. The van der Waals surface area contributed by atoms with E-state index >= 15 is 0 Å². The van der Waals surface area contributed by atoms with Crippen LogP contribution < -0.4 is 5.32 Å². The monoisotopic (exact) mass is 339 g/mol. The lowest BCUT2D eigenvalue weighted by Crippen LogP contribution is -2.24. The summed E-state index contributed by atoms with van der Waals surface area (Å²) in [5.74, 6) is 0.825. The van der Waals surface area contributed by atoms with Crippen LogP contribution >= 0.6 is 15.9 Å². The van der Waals surface area contributed by atoms with Crippen LogP contribution in [-0.4, -0.2) is 12.5 Å². The van der Waals surface area contributed by atoms with E-state index in [9.17, 15) is 4.79 Å². The molecule has 1 rings (SSSR count). The van der Waals surface area contributed by atoms with E-state index in [-0.39, 0.29) is 5.91 Å². The molecule has 0 radical (unpaired) electrons. The Morgan fingerprint density at radius 1 is 1.15 bits per heavy atom. The fourth-order valence-electron chi connectivity index (χ4n) is 2.20. The highest BCUT2D eigenvalue weighted by Gasteiger charge is 2.06. The van der Waals surface area contributed by atoms with Crippen molar-refractivity contribution in [3.63, 3.8) is 0 Å². The Morgan fingerprint density at radius 2 is 1.85 bits per heavy atom. The molecule has 20 heavy (non-hydrogen) atoms. The first-order valence-corrected chi connectivity index (χ1v) is 8.33. The van der Waals surface area contributed by atoms with Gasteiger partial charge in [-0.2, -0.15) is 0 Å². The zero-order valence-electron chi connectivity index (χ0n) is 12.8. The molecule has 0 saturated carbocycles. The van der Waals surface area contributed by atoms with Crippen LogP contribution in [-0.2, 0) is 0 Å². The average Bonchev–Trinajstić information content (AvgIpc) is 2.35. The maximum absolute atomic E-state index is 12.0. The van der Waals surface area contributed by atoms with E-state index in [0.29, 0.717) is 0 Å². The zero-order chi connectivity index (χ0) is 15.0. The fourth-order valence-corrected chi connectivity index (χ4v) is 2.81. The summed E-state index contributed by atoms with van der Waals surface area (Å²) in [5.41, 5.74) is 1.83. The molecule has 0 aliphatic rings. The van der Waals surface area contributed by atoms with E-state index in [0.717, 1.165) is 34.5 Å². The van der Waals surface area contributed by atoms with Gasteiger partial charge in [0, 0.05) is 16.6 Å². The lowest BCUT2D eigenvalue weighted by Gasteiger charge is -2.07. The zero-order valence-corrected chi connectivity index (χ0v) is 14.4. The van der Waals surface area contributed by atoms with E-state index in [1.807, 2.05) is 25.1 Å². The van der Waals surface area contributed by atoms with Gasteiger partial charge in [-0.3, -0.25) is 4.79 Å². The highest BCUT2D eigenvalue weighted by Crippen LogP contribution is 2.15. The average molecular weight is 340 g/mol. The number of aryl methyl sites for hydroxylation is 1. The predicted octanol–water partition coefficient (Wildman–Crippen LogP) is 5.09. The normalized spacial score (nSPS) is 10.8. The molecule has 2 nitrogen and oxygen atoms in total. The Bertz CT molecular complexity index is 409. The molecule has 1 N–H and O–H groups in total. The second kappa shape index (κ2) is 9.17. The Hall–Kier alpha value is -0.830. The smallest absolute Gasteiger partial charge is 0.251 e. The van der Waals surface area contributed by atoms with Gasteiger partial charge in [-0.1, -0.05) is 55.5 Å². The molecule has 0 aliphatic carbocycles. The van der Waals surface area contributed by atoms with Gasteiger partial charge in [0.25, 0.3) is 5.91 Å². The molecule has 1 aromatic carbocycles. The third-order valence-corrected chi connectivity index (χ3v) is 3.76. The summed E-state index contributed by atoms with van der Waals surface area (Å²) in [6, 6.07) is 5.79.